The first kappa shape index (κ1) is 17.1. The first-order chi connectivity index (χ1) is 12.1. The van der Waals surface area contributed by atoms with Crippen LogP contribution in [0.2, 0.25) is 0 Å². The van der Waals surface area contributed by atoms with Gasteiger partial charge in [0.15, 0.2) is 5.82 Å². The summed E-state index contributed by atoms with van der Waals surface area (Å²) in [4.78, 5) is 20.5. The number of hydrogen-bond donors (Lipinski definition) is 2. The zero-order valence-corrected chi connectivity index (χ0v) is 15.2. The predicted molar refractivity (Wildman–Crippen MR) is 98.9 cm³/mol. The number of nitrogens with zero attached hydrogens (tertiary/aromatic N) is 4. The molecule has 0 fully saturated rings. The maximum Gasteiger partial charge on any atom is 0.252 e. The highest BCUT2D eigenvalue weighted by Gasteiger charge is 2.08. The Balaban J connectivity index is 1.53. The fraction of sp³-hybridized carbons (Fsp3) is 0.176. The Morgan fingerprint density at radius 1 is 1.20 bits per heavy atom. The summed E-state index contributed by atoms with van der Waals surface area (Å²) in [7, 11) is 0. The topological polar surface area (TPSA) is 84.7 Å². The van der Waals surface area contributed by atoms with E-state index in [4.69, 9.17) is 0 Å². The van der Waals surface area contributed by atoms with Crippen LogP contribution >= 0.6 is 15.9 Å². The molecule has 0 atom stereocenters. The number of carbonyl (C=O) groups excluding carboxylic acids is 1. The summed E-state index contributed by atoms with van der Waals surface area (Å²) in [5, 5.41) is 10.4. The van der Waals surface area contributed by atoms with E-state index in [0.29, 0.717) is 30.3 Å². The Labute approximate surface area is 153 Å². The lowest BCUT2D eigenvalue weighted by Crippen LogP contribution is -2.29. The number of nitrogens with one attached hydrogen (secondary N) is 2. The lowest BCUT2D eigenvalue weighted by atomic mass is 10.2. The zero-order valence-electron chi connectivity index (χ0n) is 13.6. The summed E-state index contributed by atoms with van der Waals surface area (Å²) in [5.74, 6) is 1.24. The van der Waals surface area contributed by atoms with Gasteiger partial charge < -0.3 is 10.6 Å². The molecule has 0 saturated carbocycles. The van der Waals surface area contributed by atoms with Crippen molar-refractivity contribution in [3.8, 4) is 5.82 Å². The number of carbonyl (C=O) groups is 1. The number of hydrogen-bond acceptors (Lipinski definition) is 5. The molecule has 0 radical (unpaired) electrons. The SMILES string of the molecule is Cc1ccn(-c2cc(NCCNC(=O)c3ccccc3Br)ncn2)n1. The van der Waals surface area contributed by atoms with Crippen LogP contribution in [-0.2, 0) is 0 Å². The maximum absolute atomic E-state index is 12.1. The molecule has 25 heavy (non-hydrogen) atoms. The molecule has 128 valence electrons. The van der Waals surface area contributed by atoms with E-state index >= 15 is 0 Å². The molecule has 8 heteroatoms. The van der Waals surface area contributed by atoms with Crippen LogP contribution in [-0.4, -0.2) is 38.7 Å². The Hall–Kier alpha value is -2.74. The van der Waals surface area contributed by atoms with Crippen LogP contribution in [0.4, 0.5) is 5.82 Å². The summed E-state index contributed by atoms with van der Waals surface area (Å²) in [6.07, 6.45) is 3.33. The number of halogens is 1. The molecule has 0 spiro atoms. The molecule has 3 rings (SSSR count). The van der Waals surface area contributed by atoms with Crippen molar-refractivity contribution in [2.24, 2.45) is 0 Å². The third kappa shape index (κ3) is 4.42. The molecule has 0 aliphatic rings. The molecule has 2 heterocycles. The first-order valence-corrected chi connectivity index (χ1v) is 8.54. The van der Waals surface area contributed by atoms with E-state index < -0.39 is 0 Å². The van der Waals surface area contributed by atoms with Crippen LogP contribution < -0.4 is 10.6 Å². The molecule has 0 aliphatic heterocycles. The first-order valence-electron chi connectivity index (χ1n) is 7.75. The van der Waals surface area contributed by atoms with E-state index in [-0.39, 0.29) is 5.91 Å². The van der Waals surface area contributed by atoms with Crippen molar-refractivity contribution in [2.45, 2.75) is 6.92 Å². The highest BCUT2D eigenvalue weighted by molar-refractivity contribution is 9.10. The standard InChI is InChI=1S/C17H17BrN6O/c1-12-6-9-24(23-12)16-10-15(21-11-22-16)19-7-8-20-17(25)13-4-2-3-5-14(13)18/h2-6,9-11H,7-8H2,1H3,(H,20,25)(H,19,21,22). The third-order valence-corrected chi connectivity index (χ3v) is 4.14. The van der Waals surface area contributed by atoms with Crippen molar-refractivity contribution in [2.75, 3.05) is 18.4 Å². The molecular formula is C17H17BrN6O. The maximum atomic E-state index is 12.1. The Morgan fingerprint density at radius 2 is 2.04 bits per heavy atom. The monoisotopic (exact) mass is 400 g/mol. The molecule has 1 amide bonds. The van der Waals surface area contributed by atoms with Gasteiger partial charge in [0.2, 0.25) is 0 Å². The van der Waals surface area contributed by atoms with Gasteiger partial charge in [0.25, 0.3) is 5.91 Å². The van der Waals surface area contributed by atoms with Gasteiger partial charge in [0.1, 0.15) is 12.1 Å². The number of benzene rings is 1. The summed E-state index contributed by atoms with van der Waals surface area (Å²) < 4.78 is 2.46. The van der Waals surface area contributed by atoms with Gasteiger partial charge >= 0.3 is 0 Å². The van der Waals surface area contributed by atoms with Crippen molar-refractivity contribution in [1.82, 2.24) is 25.1 Å². The molecular weight excluding hydrogens is 384 g/mol. The molecule has 0 aliphatic carbocycles. The average Bonchev–Trinajstić information content (AvgIpc) is 3.06. The normalized spacial score (nSPS) is 10.5. The van der Waals surface area contributed by atoms with Gasteiger partial charge in [0.05, 0.1) is 11.3 Å². The quantitative estimate of drug-likeness (QED) is 0.621. The van der Waals surface area contributed by atoms with Crippen LogP contribution in [0.1, 0.15) is 16.1 Å². The number of anilines is 1. The molecule has 0 saturated heterocycles. The van der Waals surface area contributed by atoms with Gasteiger partial charge in [0, 0.05) is 29.8 Å². The molecule has 2 N–H and O–H groups in total. The Bertz CT molecular complexity index is 879. The van der Waals surface area contributed by atoms with Gasteiger partial charge in [-0.3, -0.25) is 4.79 Å². The Morgan fingerprint density at radius 3 is 2.80 bits per heavy atom. The summed E-state index contributed by atoms with van der Waals surface area (Å²) in [6.45, 7) is 2.94. The minimum absolute atomic E-state index is 0.121. The van der Waals surface area contributed by atoms with Crippen LogP contribution in [0.3, 0.4) is 0 Å². The van der Waals surface area contributed by atoms with Crippen molar-refractivity contribution >= 4 is 27.7 Å². The van der Waals surface area contributed by atoms with Crippen molar-refractivity contribution in [3.05, 3.63) is 64.7 Å². The van der Waals surface area contributed by atoms with Crippen molar-refractivity contribution in [1.29, 1.82) is 0 Å². The fourth-order valence-corrected chi connectivity index (χ4v) is 2.68. The second kappa shape index (κ2) is 7.89. The van der Waals surface area contributed by atoms with Crippen LogP contribution in [0.5, 0.6) is 0 Å². The minimum atomic E-state index is -0.121. The van der Waals surface area contributed by atoms with Gasteiger partial charge in [-0.2, -0.15) is 5.10 Å². The predicted octanol–water partition coefficient (Wildman–Crippen LogP) is 2.58. The molecule has 0 bridgehead atoms. The molecule has 1 aromatic carbocycles. The van der Waals surface area contributed by atoms with E-state index in [9.17, 15) is 4.79 Å². The van der Waals surface area contributed by atoms with Gasteiger partial charge in [-0.1, -0.05) is 12.1 Å². The van der Waals surface area contributed by atoms with Crippen LogP contribution in [0.15, 0.2) is 53.4 Å². The fourth-order valence-electron chi connectivity index (χ4n) is 2.22. The smallest absolute Gasteiger partial charge is 0.252 e. The van der Waals surface area contributed by atoms with E-state index in [2.05, 4.69) is 41.6 Å². The second-order valence-electron chi connectivity index (χ2n) is 5.33. The lowest BCUT2D eigenvalue weighted by molar-refractivity contribution is 0.0954. The average molecular weight is 401 g/mol. The lowest BCUT2D eigenvalue weighted by Gasteiger charge is -2.09. The van der Waals surface area contributed by atoms with Gasteiger partial charge in [-0.25, -0.2) is 14.6 Å². The van der Waals surface area contributed by atoms with Crippen molar-refractivity contribution in [3.63, 3.8) is 0 Å². The molecule has 2 aromatic heterocycles. The molecule has 3 aromatic rings. The largest absolute Gasteiger partial charge is 0.368 e. The Kier molecular flexibility index (Phi) is 5.39. The highest BCUT2D eigenvalue weighted by Crippen LogP contribution is 2.15. The highest BCUT2D eigenvalue weighted by atomic mass is 79.9. The van der Waals surface area contributed by atoms with Crippen LogP contribution in [0, 0.1) is 6.92 Å². The minimum Gasteiger partial charge on any atom is -0.368 e. The number of aromatic nitrogens is 4. The van der Waals surface area contributed by atoms with Gasteiger partial charge in [-0.05, 0) is 41.1 Å². The number of amides is 1. The molecule has 0 unspecified atom stereocenters. The van der Waals surface area contributed by atoms with Crippen LogP contribution in [0.25, 0.3) is 5.82 Å². The molecule has 7 nitrogen and oxygen atoms in total. The van der Waals surface area contributed by atoms with E-state index in [1.54, 1.807) is 10.7 Å². The van der Waals surface area contributed by atoms with Crippen molar-refractivity contribution < 1.29 is 4.79 Å². The summed E-state index contributed by atoms with van der Waals surface area (Å²) in [6, 6.07) is 11.0. The van der Waals surface area contributed by atoms with Gasteiger partial charge in [-0.15, -0.1) is 0 Å². The second-order valence-corrected chi connectivity index (χ2v) is 6.18. The van der Waals surface area contributed by atoms with E-state index in [1.165, 1.54) is 6.33 Å². The van der Waals surface area contributed by atoms with E-state index in [0.717, 1.165) is 10.2 Å². The third-order valence-electron chi connectivity index (χ3n) is 3.44. The summed E-state index contributed by atoms with van der Waals surface area (Å²) in [5.41, 5.74) is 1.53. The zero-order chi connectivity index (χ0) is 17.6. The number of rotatable bonds is 6. The summed E-state index contributed by atoms with van der Waals surface area (Å²) >= 11 is 3.37. The van der Waals surface area contributed by atoms with E-state index in [1.807, 2.05) is 43.5 Å². The number of aryl methyl sites for hydroxylation is 1.